The first-order valence-corrected chi connectivity index (χ1v) is 5.44. The number of para-hydroxylation sites is 1. The number of hydrogen-bond acceptors (Lipinski definition) is 4. The second-order valence-electron chi connectivity index (χ2n) is 3.52. The fourth-order valence-electron chi connectivity index (χ4n) is 1.56. The van der Waals surface area contributed by atoms with E-state index in [0.717, 1.165) is 6.42 Å². The number of ether oxygens (including phenoxy) is 1. The maximum absolute atomic E-state index is 12.2. The van der Waals surface area contributed by atoms with E-state index in [1.807, 2.05) is 6.92 Å². The van der Waals surface area contributed by atoms with E-state index in [-0.39, 0.29) is 5.91 Å². The maximum atomic E-state index is 12.2. The maximum Gasteiger partial charge on any atom is 0.281 e. The van der Waals surface area contributed by atoms with Crippen LogP contribution in [0.2, 0.25) is 0 Å². The molecule has 0 saturated heterocycles. The molecule has 2 N–H and O–H groups in total. The molecule has 0 aliphatic carbocycles. The molecule has 1 aromatic carbocycles. The number of amides is 1. The molecule has 0 fully saturated rings. The summed E-state index contributed by atoms with van der Waals surface area (Å²) < 4.78 is 5.14. The van der Waals surface area contributed by atoms with Gasteiger partial charge in [-0.15, -0.1) is 0 Å². The van der Waals surface area contributed by atoms with Crippen molar-refractivity contribution >= 4 is 11.6 Å². The van der Waals surface area contributed by atoms with Crippen LogP contribution in [0.25, 0.3) is 0 Å². The Morgan fingerprint density at radius 1 is 1.41 bits per heavy atom. The zero-order chi connectivity index (χ0) is 12.8. The van der Waals surface area contributed by atoms with Gasteiger partial charge in [0, 0.05) is 6.54 Å². The first kappa shape index (κ1) is 13.3. The van der Waals surface area contributed by atoms with Gasteiger partial charge in [0.2, 0.25) is 0 Å². The Kier molecular flexibility index (Phi) is 4.78. The topological polar surface area (TPSA) is 64.8 Å². The van der Waals surface area contributed by atoms with Gasteiger partial charge in [0.05, 0.1) is 25.5 Å². The van der Waals surface area contributed by atoms with E-state index in [1.165, 1.54) is 19.3 Å². The van der Waals surface area contributed by atoms with Gasteiger partial charge in [0.15, 0.2) is 5.75 Å². The van der Waals surface area contributed by atoms with Crippen LogP contribution >= 0.6 is 0 Å². The molecule has 0 aromatic heterocycles. The Hall–Kier alpha value is -1.75. The number of carbonyl (C=O) groups is 1. The van der Waals surface area contributed by atoms with Crippen LogP contribution in [0.1, 0.15) is 23.7 Å². The number of anilines is 1. The van der Waals surface area contributed by atoms with Crippen molar-refractivity contribution in [1.29, 1.82) is 0 Å². The van der Waals surface area contributed by atoms with E-state index in [2.05, 4.69) is 0 Å². The van der Waals surface area contributed by atoms with Gasteiger partial charge in [-0.05, 0) is 18.6 Å². The summed E-state index contributed by atoms with van der Waals surface area (Å²) in [5, 5.41) is 1.29. The predicted molar refractivity (Wildman–Crippen MR) is 65.7 cm³/mol. The van der Waals surface area contributed by atoms with Gasteiger partial charge < -0.3 is 10.5 Å². The average Bonchev–Trinajstić information content (AvgIpc) is 2.34. The van der Waals surface area contributed by atoms with Crippen molar-refractivity contribution in [2.45, 2.75) is 13.3 Å². The lowest BCUT2D eigenvalue weighted by atomic mass is 10.1. The van der Waals surface area contributed by atoms with Crippen LogP contribution in [-0.2, 0) is 4.84 Å². The van der Waals surface area contributed by atoms with Crippen molar-refractivity contribution < 1.29 is 14.4 Å². The number of nitrogens with zero attached hydrogens (tertiary/aromatic N) is 1. The largest absolute Gasteiger partial charge is 0.494 e. The molecule has 0 heterocycles. The zero-order valence-corrected chi connectivity index (χ0v) is 10.4. The minimum absolute atomic E-state index is 0.251. The quantitative estimate of drug-likeness (QED) is 0.626. The molecule has 5 nitrogen and oxygen atoms in total. The van der Waals surface area contributed by atoms with Crippen molar-refractivity contribution in [3.05, 3.63) is 23.8 Å². The minimum atomic E-state index is -0.251. The third kappa shape index (κ3) is 2.88. The Morgan fingerprint density at radius 3 is 2.65 bits per heavy atom. The van der Waals surface area contributed by atoms with E-state index in [9.17, 15) is 4.79 Å². The number of carbonyl (C=O) groups excluding carboxylic acids is 1. The van der Waals surface area contributed by atoms with Crippen molar-refractivity contribution in [3.63, 3.8) is 0 Å². The number of methoxy groups -OCH3 is 1. The predicted octanol–water partition coefficient (Wildman–Crippen LogP) is 1.69. The molecule has 0 atom stereocenters. The molecule has 0 aliphatic rings. The minimum Gasteiger partial charge on any atom is -0.494 e. The Morgan fingerprint density at radius 2 is 2.12 bits per heavy atom. The summed E-state index contributed by atoms with van der Waals surface area (Å²) in [6, 6.07) is 5.07. The highest BCUT2D eigenvalue weighted by molar-refractivity contribution is 5.98. The first-order valence-electron chi connectivity index (χ1n) is 5.44. The highest BCUT2D eigenvalue weighted by Crippen LogP contribution is 2.27. The van der Waals surface area contributed by atoms with Gasteiger partial charge in [-0.25, -0.2) is 5.06 Å². The summed E-state index contributed by atoms with van der Waals surface area (Å²) >= 11 is 0. The van der Waals surface area contributed by atoms with E-state index >= 15 is 0 Å². The van der Waals surface area contributed by atoms with Crippen LogP contribution < -0.4 is 10.5 Å². The second kappa shape index (κ2) is 6.10. The fourth-order valence-corrected chi connectivity index (χ4v) is 1.56. The van der Waals surface area contributed by atoms with Gasteiger partial charge in [-0.3, -0.25) is 9.63 Å². The van der Waals surface area contributed by atoms with Crippen LogP contribution in [0.15, 0.2) is 18.2 Å². The van der Waals surface area contributed by atoms with E-state index < -0.39 is 0 Å². The summed E-state index contributed by atoms with van der Waals surface area (Å²) in [5.41, 5.74) is 6.59. The van der Waals surface area contributed by atoms with Crippen molar-refractivity contribution in [3.8, 4) is 5.75 Å². The molecule has 94 valence electrons. The summed E-state index contributed by atoms with van der Waals surface area (Å²) in [6.45, 7) is 2.49. The van der Waals surface area contributed by atoms with Crippen LogP contribution in [0, 0.1) is 0 Å². The highest BCUT2D eigenvalue weighted by atomic mass is 16.7. The van der Waals surface area contributed by atoms with Gasteiger partial charge in [-0.2, -0.15) is 0 Å². The van der Waals surface area contributed by atoms with Crippen molar-refractivity contribution in [2.75, 3.05) is 26.5 Å². The molecule has 0 saturated carbocycles. The Labute approximate surface area is 101 Å². The van der Waals surface area contributed by atoms with Crippen molar-refractivity contribution in [1.82, 2.24) is 5.06 Å². The number of nitrogen functional groups attached to an aromatic ring is 1. The molecular weight excluding hydrogens is 220 g/mol. The van der Waals surface area contributed by atoms with Gasteiger partial charge in [0.25, 0.3) is 5.91 Å². The number of hydrogen-bond donors (Lipinski definition) is 1. The number of rotatable bonds is 5. The molecule has 1 rings (SSSR count). The Balaban J connectivity index is 3.06. The Bertz CT molecular complexity index is 393. The lowest BCUT2D eigenvalue weighted by Crippen LogP contribution is -2.31. The second-order valence-corrected chi connectivity index (χ2v) is 3.52. The van der Waals surface area contributed by atoms with Gasteiger partial charge in [0.1, 0.15) is 0 Å². The first-order chi connectivity index (χ1) is 8.15. The van der Waals surface area contributed by atoms with Crippen LogP contribution in [0.3, 0.4) is 0 Å². The SMILES string of the molecule is CCCN(OC)C(=O)c1cccc(N)c1OC. The van der Waals surface area contributed by atoms with Gasteiger partial charge in [-0.1, -0.05) is 13.0 Å². The van der Waals surface area contributed by atoms with Crippen LogP contribution in [-0.4, -0.2) is 31.7 Å². The molecule has 1 amide bonds. The molecule has 0 aliphatic heterocycles. The molecule has 0 radical (unpaired) electrons. The fraction of sp³-hybridized carbons (Fsp3) is 0.417. The monoisotopic (exact) mass is 238 g/mol. The summed E-state index contributed by atoms with van der Waals surface area (Å²) in [7, 11) is 2.95. The normalized spacial score (nSPS) is 10.1. The lowest BCUT2D eigenvalue weighted by Gasteiger charge is -2.20. The van der Waals surface area contributed by atoms with Crippen LogP contribution in [0.4, 0.5) is 5.69 Å². The number of hydroxylamine groups is 2. The lowest BCUT2D eigenvalue weighted by molar-refractivity contribution is -0.0949. The summed E-state index contributed by atoms with van der Waals surface area (Å²) in [4.78, 5) is 17.2. The molecular formula is C12H18N2O3. The molecule has 0 spiro atoms. The molecule has 0 unspecified atom stereocenters. The summed E-state index contributed by atoms with van der Waals surface area (Å²) in [6.07, 6.45) is 0.810. The zero-order valence-electron chi connectivity index (χ0n) is 10.4. The van der Waals surface area contributed by atoms with E-state index in [0.29, 0.717) is 23.5 Å². The number of nitrogens with two attached hydrogens (primary N) is 1. The van der Waals surface area contributed by atoms with E-state index in [1.54, 1.807) is 18.2 Å². The third-order valence-electron chi connectivity index (χ3n) is 2.35. The van der Waals surface area contributed by atoms with Crippen molar-refractivity contribution in [2.24, 2.45) is 0 Å². The summed E-state index contributed by atoms with van der Waals surface area (Å²) in [5.74, 6) is 0.133. The number of benzene rings is 1. The average molecular weight is 238 g/mol. The molecule has 1 aromatic rings. The highest BCUT2D eigenvalue weighted by Gasteiger charge is 2.20. The van der Waals surface area contributed by atoms with Crippen LogP contribution in [0.5, 0.6) is 5.75 Å². The molecule has 5 heteroatoms. The standard InChI is InChI=1S/C12H18N2O3/c1-4-8-14(17-3)12(15)9-6-5-7-10(13)11(9)16-2/h5-7H,4,8,13H2,1-3H3. The van der Waals surface area contributed by atoms with Gasteiger partial charge >= 0.3 is 0 Å². The molecule has 17 heavy (non-hydrogen) atoms. The van der Waals surface area contributed by atoms with E-state index in [4.69, 9.17) is 15.3 Å². The smallest absolute Gasteiger partial charge is 0.281 e. The third-order valence-corrected chi connectivity index (χ3v) is 2.35. The molecule has 0 bridgehead atoms.